The molecular weight excluding hydrogens is 266 g/mol. The third kappa shape index (κ3) is 2.07. The highest BCUT2D eigenvalue weighted by Gasteiger charge is 2.15. The van der Waals surface area contributed by atoms with Gasteiger partial charge < -0.3 is 8.83 Å². The van der Waals surface area contributed by atoms with Crippen molar-refractivity contribution in [3.05, 3.63) is 28.5 Å². The molecule has 6 nitrogen and oxygen atoms in total. The van der Waals surface area contributed by atoms with Gasteiger partial charge in [-0.3, -0.25) is 10.1 Å². The highest BCUT2D eigenvalue weighted by Crippen LogP contribution is 2.18. The lowest BCUT2D eigenvalue weighted by Crippen LogP contribution is -2.11. The average molecular weight is 272 g/mol. The molecule has 0 spiro atoms. The van der Waals surface area contributed by atoms with Crippen molar-refractivity contribution in [2.75, 3.05) is 5.32 Å². The van der Waals surface area contributed by atoms with Gasteiger partial charge in [0.2, 0.25) is 5.89 Å². The number of carbonyl (C=O) groups excluding carboxylic acids is 1. The van der Waals surface area contributed by atoms with Crippen LogP contribution in [0.3, 0.4) is 0 Å². The number of furan rings is 1. The third-order valence-corrected chi connectivity index (χ3v) is 2.22. The van der Waals surface area contributed by atoms with E-state index in [0.717, 1.165) is 0 Å². The summed E-state index contributed by atoms with van der Waals surface area (Å²) < 4.78 is 10.3. The van der Waals surface area contributed by atoms with Gasteiger partial charge in [-0.2, -0.15) is 0 Å². The predicted molar refractivity (Wildman–Crippen MR) is 53.4 cm³/mol. The summed E-state index contributed by atoms with van der Waals surface area (Å²) in [6.45, 7) is 1.64. The fourth-order valence-corrected chi connectivity index (χ4v) is 1.39. The van der Waals surface area contributed by atoms with Crippen LogP contribution in [0.1, 0.15) is 16.2 Å². The zero-order valence-corrected chi connectivity index (χ0v) is 9.24. The number of hydrogen-bond donors (Lipinski definition) is 1. The summed E-state index contributed by atoms with van der Waals surface area (Å²) in [7, 11) is 0. The zero-order valence-electron chi connectivity index (χ0n) is 7.65. The van der Waals surface area contributed by atoms with Crippen molar-refractivity contribution >= 4 is 27.9 Å². The number of halogens is 1. The van der Waals surface area contributed by atoms with Gasteiger partial charge in [-0.15, -0.1) is 5.10 Å². The summed E-state index contributed by atoms with van der Waals surface area (Å²) in [5.74, 6) is 0.0100. The summed E-state index contributed by atoms with van der Waals surface area (Å²) in [6, 6.07) is 1.59. The van der Waals surface area contributed by atoms with Crippen LogP contribution in [0, 0.1) is 6.92 Å². The van der Waals surface area contributed by atoms with E-state index in [1.54, 1.807) is 6.92 Å². The number of nitrogens with zero attached hydrogens (tertiary/aromatic N) is 2. The van der Waals surface area contributed by atoms with Gasteiger partial charge in [-0.25, -0.2) is 0 Å². The first kappa shape index (κ1) is 9.91. The quantitative estimate of drug-likeness (QED) is 0.903. The maximum absolute atomic E-state index is 11.6. The first-order valence-corrected chi connectivity index (χ1v) is 4.80. The van der Waals surface area contributed by atoms with E-state index < -0.39 is 0 Å². The van der Waals surface area contributed by atoms with Crippen LogP contribution in [0.15, 0.2) is 25.8 Å². The lowest BCUT2D eigenvalue weighted by Gasteiger charge is -1.96. The van der Waals surface area contributed by atoms with Gasteiger partial charge in [-0.05, 0) is 22.0 Å². The van der Waals surface area contributed by atoms with E-state index in [2.05, 4.69) is 31.4 Å². The van der Waals surface area contributed by atoms with Gasteiger partial charge in [0.25, 0.3) is 5.91 Å². The van der Waals surface area contributed by atoms with E-state index in [-0.39, 0.29) is 11.9 Å². The van der Waals surface area contributed by atoms with Crippen molar-refractivity contribution in [2.45, 2.75) is 6.92 Å². The van der Waals surface area contributed by atoms with Crippen LogP contribution in [0.5, 0.6) is 0 Å². The second kappa shape index (κ2) is 3.85. The fraction of sp³-hybridized carbons (Fsp3) is 0.125. The molecule has 2 heterocycles. The lowest BCUT2D eigenvalue weighted by molar-refractivity contribution is 0.102. The van der Waals surface area contributed by atoms with Crippen LogP contribution in [-0.2, 0) is 0 Å². The second-order valence-corrected chi connectivity index (χ2v) is 3.41. The minimum atomic E-state index is -0.376. The highest BCUT2D eigenvalue weighted by atomic mass is 79.9. The Labute approximate surface area is 92.8 Å². The summed E-state index contributed by atoms with van der Waals surface area (Å²) in [5, 5.41) is 9.64. The van der Waals surface area contributed by atoms with Gasteiger partial charge >= 0.3 is 6.01 Å². The number of aromatic nitrogens is 2. The van der Waals surface area contributed by atoms with Crippen LogP contribution in [0.2, 0.25) is 0 Å². The molecular formula is C8H6BrN3O3. The summed E-state index contributed by atoms with van der Waals surface area (Å²) in [4.78, 5) is 11.6. The monoisotopic (exact) mass is 271 g/mol. The van der Waals surface area contributed by atoms with E-state index in [1.807, 2.05) is 0 Å². The minimum Gasteiger partial charge on any atom is -0.457 e. The molecule has 0 bridgehead atoms. The molecule has 2 aromatic heterocycles. The number of amides is 1. The van der Waals surface area contributed by atoms with E-state index in [9.17, 15) is 4.79 Å². The maximum atomic E-state index is 11.6. The van der Waals surface area contributed by atoms with Crippen molar-refractivity contribution in [3.8, 4) is 0 Å². The SMILES string of the molecule is Cc1nnc(NC(=O)c2ccoc2Br)o1. The van der Waals surface area contributed by atoms with Crippen LogP contribution >= 0.6 is 15.9 Å². The van der Waals surface area contributed by atoms with Crippen molar-refractivity contribution < 1.29 is 13.6 Å². The Balaban J connectivity index is 2.14. The van der Waals surface area contributed by atoms with Gasteiger partial charge in [-0.1, -0.05) is 5.10 Å². The Morgan fingerprint density at radius 1 is 1.53 bits per heavy atom. The molecule has 1 N–H and O–H groups in total. The molecule has 78 valence electrons. The normalized spacial score (nSPS) is 10.3. The molecule has 0 saturated heterocycles. The topological polar surface area (TPSA) is 81.2 Å². The first-order valence-electron chi connectivity index (χ1n) is 4.01. The molecule has 0 aliphatic rings. The molecule has 0 aliphatic heterocycles. The smallest absolute Gasteiger partial charge is 0.322 e. The molecule has 0 saturated carbocycles. The minimum absolute atomic E-state index is 0.0607. The molecule has 0 aromatic carbocycles. The Kier molecular flexibility index (Phi) is 2.55. The molecule has 2 aromatic rings. The average Bonchev–Trinajstić information content (AvgIpc) is 2.75. The van der Waals surface area contributed by atoms with Gasteiger partial charge in [0.15, 0.2) is 4.67 Å². The van der Waals surface area contributed by atoms with E-state index in [4.69, 9.17) is 8.83 Å². The number of aryl methyl sites for hydroxylation is 1. The maximum Gasteiger partial charge on any atom is 0.322 e. The van der Waals surface area contributed by atoms with Crippen molar-refractivity contribution in [1.82, 2.24) is 10.2 Å². The van der Waals surface area contributed by atoms with Crippen LogP contribution in [0.25, 0.3) is 0 Å². The van der Waals surface area contributed by atoms with Gasteiger partial charge in [0, 0.05) is 6.92 Å². The molecule has 1 amide bonds. The van der Waals surface area contributed by atoms with Crippen molar-refractivity contribution in [2.24, 2.45) is 0 Å². The number of nitrogens with one attached hydrogen (secondary N) is 1. The third-order valence-electron chi connectivity index (χ3n) is 1.61. The second-order valence-electron chi connectivity index (χ2n) is 2.69. The first-order chi connectivity index (χ1) is 7.16. The van der Waals surface area contributed by atoms with Crippen LogP contribution in [-0.4, -0.2) is 16.1 Å². The Morgan fingerprint density at radius 3 is 2.87 bits per heavy atom. The van der Waals surface area contributed by atoms with Gasteiger partial charge in [0.05, 0.1) is 11.8 Å². The number of anilines is 1. The highest BCUT2D eigenvalue weighted by molar-refractivity contribution is 9.10. The van der Waals surface area contributed by atoms with E-state index >= 15 is 0 Å². The summed E-state index contributed by atoms with van der Waals surface area (Å²) in [5.41, 5.74) is 0.367. The van der Waals surface area contributed by atoms with E-state index in [1.165, 1.54) is 12.3 Å². The Morgan fingerprint density at radius 2 is 2.33 bits per heavy atom. The summed E-state index contributed by atoms with van der Waals surface area (Å²) >= 11 is 3.09. The van der Waals surface area contributed by atoms with Crippen molar-refractivity contribution in [1.29, 1.82) is 0 Å². The Bertz CT molecular complexity index is 491. The number of rotatable bonds is 2. The van der Waals surface area contributed by atoms with Gasteiger partial charge in [0.1, 0.15) is 0 Å². The van der Waals surface area contributed by atoms with Crippen LogP contribution < -0.4 is 5.32 Å². The van der Waals surface area contributed by atoms with Crippen molar-refractivity contribution in [3.63, 3.8) is 0 Å². The number of carbonyl (C=O) groups is 1. The molecule has 2 rings (SSSR count). The number of hydrogen-bond acceptors (Lipinski definition) is 5. The fourth-order valence-electron chi connectivity index (χ4n) is 0.967. The molecule has 7 heteroatoms. The molecule has 15 heavy (non-hydrogen) atoms. The predicted octanol–water partition coefficient (Wildman–Crippen LogP) is 1.99. The standard InChI is InChI=1S/C8H6BrN3O3/c1-4-11-12-8(15-4)10-7(13)5-2-3-14-6(5)9/h2-3H,1H3,(H,10,12,13). The lowest BCUT2D eigenvalue weighted by atomic mass is 10.3. The van der Waals surface area contributed by atoms with E-state index in [0.29, 0.717) is 16.1 Å². The zero-order chi connectivity index (χ0) is 10.8. The Hall–Kier alpha value is -1.63. The molecule has 0 unspecified atom stereocenters. The molecule has 0 radical (unpaired) electrons. The largest absolute Gasteiger partial charge is 0.457 e. The molecule has 0 aliphatic carbocycles. The van der Waals surface area contributed by atoms with Crippen LogP contribution in [0.4, 0.5) is 6.01 Å². The molecule has 0 fully saturated rings. The molecule has 0 atom stereocenters. The summed E-state index contributed by atoms with van der Waals surface area (Å²) in [6.07, 6.45) is 1.40.